The van der Waals surface area contributed by atoms with Gasteiger partial charge in [-0.15, -0.1) is 11.6 Å². The van der Waals surface area contributed by atoms with Crippen LogP contribution < -0.4 is 0 Å². The molecule has 2 fully saturated rings. The van der Waals surface area contributed by atoms with E-state index in [1.54, 1.807) is 7.11 Å². The minimum atomic E-state index is -0.986. The highest BCUT2D eigenvalue weighted by atomic mass is 35.5. The maximum absolute atomic E-state index is 14.1. The van der Waals surface area contributed by atoms with E-state index in [1.807, 2.05) is 0 Å². The van der Waals surface area contributed by atoms with Gasteiger partial charge < -0.3 is 4.74 Å². The van der Waals surface area contributed by atoms with Crippen LogP contribution >= 0.6 is 11.6 Å². The number of ether oxygens (including phenoxy) is 1. The Hall–Kier alpha value is 0.180. The first kappa shape index (κ1) is 13.6. The fourth-order valence-corrected chi connectivity index (χ4v) is 4.07. The van der Waals surface area contributed by atoms with Gasteiger partial charge in [0.25, 0.3) is 0 Å². The molecule has 4 atom stereocenters. The summed E-state index contributed by atoms with van der Waals surface area (Å²) in [7, 11) is 1.59. The topological polar surface area (TPSA) is 9.23 Å². The van der Waals surface area contributed by atoms with E-state index in [2.05, 4.69) is 6.92 Å². The van der Waals surface area contributed by atoms with Crippen molar-refractivity contribution in [1.82, 2.24) is 0 Å². The molecule has 0 aromatic rings. The largest absolute Gasteiger partial charge is 0.378 e. The molecule has 0 N–H and O–H groups in total. The molecule has 0 radical (unpaired) electrons. The summed E-state index contributed by atoms with van der Waals surface area (Å²) in [5.74, 6) is 1.85. The van der Waals surface area contributed by atoms with Gasteiger partial charge >= 0.3 is 0 Å². The number of alkyl halides is 2. The summed E-state index contributed by atoms with van der Waals surface area (Å²) in [5.41, 5.74) is 0. The van der Waals surface area contributed by atoms with Gasteiger partial charge in [0.1, 0.15) is 6.17 Å². The van der Waals surface area contributed by atoms with Crippen molar-refractivity contribution in [1.29, 1.82) is 0 Å². The van der Waals surface area contributed by atoms with Crippen LogP contribution in [-0.4, -0.2) is 24.8 Å². The summed E-state index contributed by atoms with van der Waals surface area (Å²) in [6, 6.07) is 0. The van der Waals surface area contributed by atoms with E-state index >= 15 is 0 Å². The number of hydrogen-bond donors (Lipinski definition) is 0. The summed E-state index contributed by atoms with van der Waals surface area (Å²) in [6.45, 7) is 2.31. The Morgan fingerprint density at radius 3 is 2.29 bits per heavy atom. The lowest BCUT2D eigenvalue weighted by Gasteiger charge is -2.41. The molecule has 3 heteroatoms. The molecule has 2 rings (SSSR count). The molecule has 0 heterocycles. The van der Waals surface area contributed by atoms with Gasteiger partial charge in [-0.05, 0) is 43.4 Å². The van der Waals surface area contributed by atoms with Gasteiger partial charge in [0.05, 0.1) is 11.5 Å². The summed E-state index contributed by atoms with van der Waals surface area (Å²) >= 11 is 6.32. The van der Waals surface area contributed by atoms with Crippen molar-refractivity contribution < 1.29 is 9.13 Å². The molecule has 2 aliphatic carbocycles. The predicted octanol–water partition coefficient (Wildman–Crippen LogP) is 4.18. The van der Waals surface area contributed by atoms with Crippen LogP contribution in [-0.2, 0) is 4.74 Å². The van der Waals surface area contributed by atoms with Crippen LogP contribution in [0.1, 0.15) is 45.4 Å². The Morgan fingerprint density at radius 2 is 1.71 bits per heavy atom. The van der Waals surface area contributed by atoms with Gasteiger partial charge in [-0.1, -0.05) is 19.8 Å². The molecule has 2 aliphatic rings. The molecule has 0 saturated heterocycles. The van der Waals surface area contributed by atoms with Crippen molar-refractivity contribution in [3.05, 3.63) is 0 Å². The standard InChI is InChI=1S/C14H24ClFO/c1-9-3-5-10(6-4-9)11-7-8-12(17-2)14(16)13(11)15/h9-14H,3-8H2,1-2H3/t9?,10?,11-,12?,13?,14?/m0/s1. The van der Waals surface area contributed by atoms with E-state index in [9.17, 15) is 4.39 Å². The number of rotatable bonds is 2. The summed E-state index contributed by atoms with van der Waals surface area (Å²) in [5, 5.41) is -0.341. The highest BCUT2D eigenvalue weighted by Crippen LogP contribution is 2.43. The minimum Gasteiger partial charge on any atom is -0.378 e. The van der Waals surface area contributed by atoms with Gasteiger partial charge in [0, 0.05) is 7.11 Å². The van der Waals surface area contributed by atoms with Gasteiger partial charge in [-0.25, -0.2) is 4.39 Å². The Balaban J connectivity index is 1.93. The van der Waals surface area contributed by atoms with E-state index in [0.717, 1.165) is 18.8 Å². The molecule has 2 saturated carbocycles. The van der Waals surface area contributed by atoms with Crippen molar-refractivity contribution in [2.24, 2.45) is 17.8 Å². The average molecular weight is 263 g/mol. The van der Waals surface area contributed by atoms with Gasteiger partial charge in [-0.2, -0.15) is 0 Å². The normalized spacial score (nSPS) is 48.0. The van der Waals surface area contributed by atoms with Crippen molar-refractivity contribution in [3.8, 4) is 0 Å². The summed E-state index contributed by atoms with van der Waals surface area (Å²) in [4.78, 5) is 0. The predicted molar refractivity (Wildman–Crippen MR) is 69.2 cm³/mol. The van der Waals surface area contributed by atoms with Crippen LogP contribution in [0.2, 0.25) is 0 Å². The Labute approximate surface area is 109 Å². The van der Waals surface area contributed by atoms with Crippen LogP contribution in [0.25, 0.3) is 0 Å². The monoisotopic (exact) mass is 262 g/mol. The van der Waals surface area contributed by atoms with Crippen LogP contribution in [0.5, 0.6) is 0 Å². The first-order valence-corrected chi connectivity index (χ1v) is 7.38. The number of hydrogen-bond acceptors (Lipinski definition) is 1. The first-order valence-electron chi connectivity index (χ1n) is 6.94. The number of halogens is 2. The molecule has 0 aliphatic heterocycles. The third-order valence-corrected chi connectivity index (χ3v) is 5.39. The second-order valence-electron chi connectivity index (χ2n) is 5.92. The smallest absolute Gasteiger partial charge is 0.143 e. The van der Waals surface area contributed by atoms with Gasteiger partial charge in [-0.3, -0.25) is 0 Å². The molecule has 0 aromatic heterocycles. The van der Waals surface area contributed by atoms with Crippen molar-refractivity contribution in [3.63, 3.8) is 0 Å². The fraction of sp³-hybridized carbons (Fsp3) is 1.00. The van der Waals surface area contributed by atoms with Crippen molar-refractivity contribution >= 4 is 11.6 Å². The molecular weight excluding hydrogens is 239 g/mol. The average Bonchev–Trinajstić information content (AvgIpc) is 2.34. The lowest BCUT2D eigenvalue weighted by molar-refractivity contribution is -0.0190. The van der Waals surface area contributed by atoms with Crippen LogP contribution in [0, 0.1) is 17.8 Å². The highest BCUT2D eigenvalue weighted by molar-refractivity contribution is 6.21. The Kier molecular flexibility index (Phi) is 4.71. The van der Waals surface area contributed by atoms with E-state index in [-0.39, 0.29) is 11.5 Å². The molecule has 0 bridgehead atoms. The van der Waals surface area contributed by atoms with Crippen LogP contribution in [0.4, 0.5) is 4.39 Å². The molecular formula is C14H24ClFO. The van der Waals surface area contributed by atoms with E-state index in [1.165, 1.54) is 25.7 Å². The zero-order valence-corrected chi connectivity index (χ0v) is 11.6. The van der Waals surface area contributed by atoms with E-state index in [4.69, 9.17) is 16.3 Å². The van der Waals surface area contributed by atoms with Gasteiger partial charge in [0.15, 0.2) is 0 Å². The lowest BCUT2D eigenvalue weighted by Crippen LogP contribution is -2.44. The summed E-state index contributed by atoms with van der Waals surface area (Å²) < 4.78 is 19.2. The van der Waals surface area contributed by atoms with E-state index < -0.39 is 6.17 Å². The van der Waals surface area contributed by atoms with E-state index in [0.29, 0.717) is 11.8 Å². The van der Waals surface area contributed by atoms with Gasteiger partial charge in [0.2, 0.25) is 0 Å². The summed E-state index contributed by atoms with van der Waals surface area (Å²) in [6.07, 6.45) is 5.64. The molecule has 0 aromatic carbocycles. The van der Waals surface area contributed by atoms with Crippen molar-refractivity contribution in [2.45, 2.75) is 63.1 Å². The SMILES string of the molecule is COC1CC[C@@H](C2CCC(C)CC2)C(Cl)C1F. The van der Waals surface area contributed by atoms with Crippen LogP contribution in [0.15, 0.2) is 0 Å². The quantitative estimate of drug-likeness (QED) is 0.679. The minimum absolute atomic E-state index is 0.281. The lowest BCUT2D eigenvalue weighted by atomic mass is 9.70. The zero-order valence-electron chi connectivity index (χ0n) is 10.9. The zero-order chi connectivity index (χ0) is 12.4. The van der Waals surface area contributed by atoms with Crippen molar-refractivity contribution in [2.75, 3.05) is 7.11 Å². The molecule has 3 unspecified atom stereocenters. The molecule has 0 spiro atoms. The fourth-order valence-electron chi connectivity index (χ4n) is 3.57. The Bertz CT molecular complexity index is 238. The third kappa shape index (κ3) is 2.96. The Morgan fingerprint density at radius 1 is 1.06 bits per heavy atom. The third-order valence-electron chi connectivity index (χ3n) is 4.82. The van der Waals surface area contributed by atoms with Crippen LogP contribution in [0.3, 0.4) is 0 Å². The first-order chi connectivity index (χ1) is 8.13. The molecule has 100 valence electrons. The maximum Gasteiger partial charge on any atom is 0.143 e. The molecule has 17 heavy (non-hydrogen) atoms. The second kappa shape index (κ2) is 5.88. The maximum atomic E-state index is 14.1. The molecule has 0 amide bonds. The second-order valence-corrected chi connectivity index (χ2v) is 6.43. The number of methoxy groups -OCH3 is 1. The highest BCUT2D eigenvalue weighted by Gasteiger charge is 2.42. The molecule has 1 nitrogen and oxygen atoms in total.